The summed E-state index contributed by atoms with van der Waals surface area (Å²) in [5.74, 6) is 0. The van der Waals surface area contributed by atoms with Crippen molar-refractivity contribution in [3.8, 4) is 0 Å². The zero-order chi connectivity index (χ0) is 13.8. The minimum Gasteiger partial charge on any atom is -0.305 e. The highest BCUT2D eigenvalue weighted by Crippen LogP contribution is 2.27. The Bertz CT molecular complexity index is 461. The second kappa shape index (κ2) is 5.90. The van der Waals surface area contributed by atoms with Crippen molar-refractivity contribution in [2.24, 2.45) is 0 Å². The van der Waals surface area contributed by atoms with E-state index >= 15 is 0 Å². The third kappa shape index (κ3) is 2.80. The second-order valence-electron chi connectivity index (χ2n) is 4.54. The molecule has 6 nitrogen and oxygen atoms in total. The summed E-state index contributed by atoms with van der Waals surface area (Å²) in [5, 5.41) is 13.8. The molecule has 1 N–H and O–H groups in total. The van der Waals surface area contributed by atoms with E-state index < -0.39 is 4.92 Å². The fraction of sp³-hybridized carbons (Fsp3) is 0.462. The van der Waals surface area contributed by atoms with Crippen LogP contribution in [0.1, 0.15) is 18.5 Å². The third-order valence-electron chi connectivity index (χ3n) is 3.51. The van der Waals surface area contributed by atoms with E-state index in [1.165, 1.54) is 12.1 Å². The number of nitrogens with one attached hydrogen (secondary N) is 1. The van der Waals surface area contributed by atoms with Crippen LogP contribution in [0.25, 0.3) is 0 Å². The molecular weight excluding hydrogens is 246 g/mol. The maximum Gasteiger partial charge on any atom is 0.269 e. The lowest BCUT2D eigenvalue weighted by atomic mass is 9.96. The Kier molecular flexibility index (Phi) is 4.24. The van der Waals surface area contributed by atoms with Gasteiger partial charge in [0, 0.05) is 25.2 Å². The molecule has 2 unspecified atom stereocenters. The lowest BCUT2D eigenvalue weighted by molar-refractivity contribution is -0.384. The molecule has 102 valence electrons. The summed E-state index contributed by atoms with van der Waals surface area (Å²) in [4.78, 5) is 23.6. The molecule has 1 aliphatic rings. The number of hydrogen-bond donors (Lipinski definition) is 1. The molecule has 2 rings (SSSR count). The average Bonchev–Trinajstić information content (AvgIpc) is 2.46. The quantitative estimate of drug-likeness (QED) is 0.500. The number of nitrogens with zero attached hydrogens (tertiary/aromatic N) is 2. The standard InChI is InChI=1S/C13H17N3O3/c1-2-15-8-7-14-12(9-17)13(15)10-3-5-11(6-4-10)16(18)19/h3-6,9,12-14H,2,7-8H2,1H3. The van der Waals surface area contributed by atoms with E-state index in [-0.39, 0.29) is 17.8 Å². The Morgan fingerprint density at radius 1 is 1.47 bits per heavy atom. The number of non-ortho nitro benzene ring substituents is 1. The van der Waals surface area contributed by atoms with Gasteiger partial charge in [0.2, 0.25) is 0 Å². The van der Waals surface area contributed by atoms with Gasteiger partial charge in [-0.25, -0.2) is 0 Å². The first-order chi connectivity index (χ1) is 9.17. The van der Waals surface area contributed by atoms with Crippen molar-refractivity contribution in [3.05, 3.63) is 39.9 Å². The van der Waals surface area contributed by atoms with Gasteiger partial charge in [-0.3, -0.25) is 15.0 Å². The summed E-state index contributed by atoms with van der Waals surface area (Å²) < 4.78 is 0. The minimum absolute atomic E-state index is 0.0583. The summed E-state index contributed by atoms with van der Waals surface area (Å²) >= 11 is 0. The largest absolute Gasteiger partial charge is 0.305 e. The minimum atomic E-state index is -0.419. The van der Waals surface area contributed by atoms with Crippen molar-refractivity contribution in [2.45, 2.75) is 19.0 Å². The van der Waals surface area contributed by atoms with Crippen LogP contribution in [0.2, 0.25) is 0 Å². The van der Waals surface area contributed by atoms with Crippen LogP contribution >= 0.6 is 0 Å². The first-order valence-electron chi connectivity index (χ1n) is 6.34. The lowest BCUT2D eigenvalue weighted by Crippen LogP contribution is -2.53. The normalized spacial score (nSPS) is 24.1. The van der Waals surface area contributed by atoms with E-state index in [4.69, 9.17) is 0 Å². The van der Waals surface area contributed by atoms with Gasteiger partial charge < -0.3 is 10.1 Å². The summed E-state index contributed by atoms with van der Waals surface area (Å²) in [6.07, 6.45) is 0.911. The Hall–Kier alpha value is -1.79. The zero-order valence-electron chi connectivity index (χ0n) is 10.8. The van der Waals surface area contributed by atoms with Crippen molar-refractivity contribution < 1.29 is 9.72 Å². The maximum absolute atomic E-state index is 11.2. The van der Waals surface area contributed by atoms with Gasteiger partial charge in [-0.1, -0.05) is 19.1 Å². The molecule has 0 aliphatic carbocycles. The molecule has 1 aromatic carbocycles. The molecule has 1 aromatic rings. The van der Waals surface area contributed by atoms with Crippen molar-refractivity contribution in [1.29, 1.82) is 0 Å². The van der Waals surface area contributed by atoms with Gasteiger partial charge in [0.15, 0.2) is 0 Å². The van der Waals surface area contributed by atoms with Crippen molar-refractivity contribution in [3.63, 3.8) is 0 Å². The number of likely N-dealkylation sites (N-methyl/N-ethyl adjacent to an activating group) is 1. The van der Waals surface area contributed by atoms with Crippen molar-refractivity contribution in [1.82, 2.24) is 10.2 Å². The highest BCUT2D eigenvalue weighted by atomic mass is 16.6. The SMILES string of the molecule is CCN1CCNC(C=O)C1c1ccc([N+](=O)[O-])cc1. The Morgan fingerprint density at radius 2 is 2.16 bits per heavy atom. The van der Waals surface area contributed by atoms with Gasteiger partial charge in [-0.15, -0.1) is 0 Å². The van der Waals surface area contributed by atoms with Crippen LogP contribution in [0.3, 0.4) is 0 Å². The molecule has 1 fully saturated rings. The first-order valence-corrected chi connectivity index (χ1v) is 6.34. The Balaban J connectivity index is 2.29. The maximum atomic E-state index is 11.2. The summed E-state index contributed by atoms with van der Waals surface area (Å²) in [6, 6.07) is 6.11. The molecule has 0 spiro atoms. The predicted molar refractivity (Wildman–Crippen MR) is 70.9 cm³/mol. The molecule has 19 heavy (non-hydrogen) atoms. The molecule has 1 aliphatic heterocycles. The molecule has 0 aromatic heterocycles. The van der Waals surface area contributed by atoms with Crippen molar-refractivity contribution >= 4 is 12.0 Å². The monoisotopic (exact) mass is 263 g/mol. The molecule has 2 atom stereocenters. The van der Waals surface area contributed by atoms with Gasteiger partial charge >= 0.3 is 0 Å². The van der Waals surface area contributed by atoms with Gasteiger partial charge in [0.05, 0.1) is 17.0 Å². The number of carbonyl (C=O) groups is 1. The molecule has 0 amide bonds. The second-order valence-corrected chi connectivity index (χ2v) is 4.54. The first kappa shape index (κ1) is 13.6. The number of benzene rings is 1. The fourth-order valence-electron chi connectivity index (χ4n) is 2.54. The van der Waals surface area contributed by atoms with Gasteiger partial charge in [-0.2, -0.15) is 0 Å². The van der Waals surface area contributed by atoms with Gasteiger partial charge in [0.25, 0.3) is 5.69 Å². The van der Waals surface area contributed by atoms with E-state index in [0.717, 1.165) is 31.5 Å². The van der Waals surface area contributed by atoms with Crippen molar-refractivity contribution in [2.75, 3.05) is 19.6 Å². The smallest absolute Gasteiger partial charge is 0.269 e. The van der Waals surface area contributed by atoms with Gasteiger partial charge in [0.1, 0.15) is 6.29 Å². The molecule has 0 radical (unpaired) electrons. The topological polar surface area (TPSA) is 75.5 Å². The van der Waals surface area contributed by atoms with Gasteiger partial charge in [-0.05, 0) is 12.1 Å². The van der Waals surface area contributed by atoms with Crippen LogP contribution in [-0.2, 0) is 4.79 Å². The number of hydrogen-bond acceptors (Lipinski definition) is 5. The fourth-order valence-corrected chi connectivity index (χ4v) is 2.54. The van der Waals surface area contributed by atoms with Crippen LogP contribution < -0.4 is 5.32 Å². The number of aldehydes is 1. The molecule has 1 heterocycles. The molecule has 1 saturated heterocycles. The Morgan fingerprint density at radius 3 is 2.68 bits per heavy atom. The highest BCUT2D eigenvalue weighted by molar-refractivity contribution is 5.60. The predicted octanol–water partition coefficient (Wildman–Crippen LogP) is 1.13. The molecule has 0 saturated carbocycles. The van der Waals surface area contributed by atoms with E-state index in [1.807, 2.05) is 6.92 Å². The van der Waals surface area contributed by atoms with E-state index in [2.05, 4.69) is 10.2 Å². The summed E-state index contributed by atoms with van der Waals surface area (Å²) in [7, 11) is 0. The number of nitro groups is 1. The molecule has 0 bridgehead atoms. The van der Waals surface area contributed by atoms with E-state index in [0.29, 0.717) is 0 Å². The number of nitro benzene ring substituents is 1. The van der Waals surface area contributed by atoms with Crippen LogP contribution in [0.15, 0.2) is 24.3 Å². The van der Waals surface area contributed by atoms with Crippen LogP contribution in [0.4, 0.5) is 5.69 Å². The number of piperazine rings is 1. The summed E-state index contributed by atoms with van der Waals surface area (Å²) in [6.45, 7) is 4.53. The Labute approximate surface area is 111 Å². The van der Waals surface area contributed by atoms with E-state index in [9.17, 15) is 14.9 Å². The average molecular weight is 263 g/mol. The molecular formula is C13H17N3O3. The summed E-state index contributed by atoms with van der Waals surface area (Å²) in [5.41, 5.74) is 0.995. The van der Waals surface area contributed by atoms with Crippen LogP contribution in [0, 0.1) is 10.1 Å². The number of rotatable bonds is 4. The lowest BCUT2D eigenvalue weighted by Gasteiger charge is -2.39. The number of carbonyl (C=O) groups excluding carboxylic acids is 1. The highest BCUT2D eigenvalue weighted by Gasteiger charge is 2.31. The molecule has 6 heteroatoms. The third-order valence-corrected chi connectivity index (χ3v) is 3.51. The van der Waals surface area contributed by atoms with E-state index in [1.54, 1.807) is 12.1 Å². The zero-order valence-corrected chi connectivity index (χ0v) is 10.8. The van der Waals surface area contributed by atoms with Crippen LogP contribution in [0.5, 0.6) is 0 Å². The van der Waals surface area contributed by atoms with Crippen LogP contribution in [-0.4, -0.2) is 41.8 Å².